The first kappa shape index (κ1) is 29.4. The Morgan fingerprint density at radius 2 is 1.82 bits per heavy atom. The molecule has 0 spiro atoms. The Balaban J connectivity index is 1.27. The standard InChI is InChI=1S/C34H30F3N3O4/c1-20-8-9-22(26(35)13-20)19-44-33-7-4-6-29(39-33)25-17-27(36)23(14-28(25)37)16-32-38-30-11-10-21(34(41)42)15-31(30)40(32)18-24-5-2-3-12-43-24/h4,6-11,13-15,17,24H,2-3,5,12,16,18-19H2,1H3,(H,41,42). The van der Waals surface area contributed by atoms with Gasteiger partial charge in [-0.25, -0.2) is 27.9 Å². The van der Waals surface area contributed by atoms with E-state index in [0.29, 0.717) is 35.6 Å². The number of nitrogens with zero attached hydrogens (tertiary/aromatic N) is 3. The van der Waals surface area contributed by atoms with Crippen LogP contribution in [0.5, 0.6) is 5.88 Å². The second-order valence-electron chi connectivity index (χ2n) is 11.0. The smallest absolute Gasteiger partial charge is 0.335 e. The highest BCUT2D eigenvalue weighted by Crippen LogP contribution is 2.29. The SMILES string of the molecule is Cc1ccc(COc2cccc(-c3cc(F)c(Cc4nc5ccc(C(=O)O)cc5n4CC4CCCCO4)cc3F)n2)c(F)c1. The minimum atomic E-state index is -1.07. The maximum absolute atomic E-state index is 15.6. The number of hydrogen-bond acceptors (Lipinski definition) is 5. The van der Waals surface area contributed by atoms with Gasteiger partial charge in [-0.05, 0) is 79.8 Å². The first-order chi connectivity index (χ1) is 21.2. The fourth-order valence-electron chi connectivity index (χ4n) is 5.46. The summed E-state index contributed by atoms with van der Waals surface area (Å²) in [6, 6.07) is 16.4. The van der Waals surface area contributed by atoms with Crippen LogP contribution in [0, 0.1) is 24.4 Å². The van der Waals surface area contributed by atoms with Gasteiger partial charge in [0.05, 0.1) is 34.9 Å². The minimum absolute atomic E-state index is 0.0223. The van der Waals surface area contributed by atoms with Crippen molar-refractivity contribution in [2.45, 2.75) is 51.9 Å². The summed E-state index contributed by atoms with van der Waals surface area (Å²) in [5.41, 5.74) is 2.61. The topological polar surface area (TPSA) is 86.5 Å². The van der Waals surface area contributed by atoms with Crippen LogP contribution in [0.15, 0.2) is 66.7 Å². The van der Waals surface area contributed by atoms with E-state index in [4.69, 9.17) is 9.47 Å². The number of fused-ring (bicyclic) bond motifs is 1. The lowest BCUT2D eigenvalue weighted by Gasteiger charge is -2.24. The number of aromatic nitrogens is 3. The van der Waals surface area contributed by atoms with Gasteiger partial charge in [-0.1, -0.05) is 18.2 Å². The zero-order valence-electron chi connectivity index (χ0n) is 24.0. The molecule has 0 amide bonds. The molecule has 0 aliphatic carbocycles. The lowest BCUT2D eigenvalue weighted by Crippen LogP contribution is -2.25. The molecule has 0 bridgehead atoms. The molecular weight excluding hydrogens is 571 g/mol. The number of carboxylic acids is 1. The minimum Gasteiger partial charge on any atom is -0.478 e. The molecule has 3 aromatic carbocycles. The highest BCUT2D eigenvalue weighted by Gasteiger charge is 2.22. The number of carboxylic acid groups (broad SMARTS) is 1. The third-order valence-corrected chi connectivity index (χ3v) is 7.80. The number of carbonyl (C=O) groups is 1. The number of halogens is 3. The second kappa shape index (κ2) is 12.5. The molecule has 44 heavy (non-hydrogen) atoms. The Kier molecular flexibility index (Phi) is 8.34. The van der Waals surface area contributed by atoms with E-state index in [1.165, 1.54) is 12.1 Å². The van der Waals surface area contributed by atoms with E-state index in [0.717, 1.165) is 37.0 Å². The molecule has 1 saturated heterocycles. The molecule has 3 heterocycles. The van der Waals surface area contributed by atoms with Crippen LogP contribution in [0.3, 0.4) is 0 Å². The molecule has 2 aromatic heterocycles. The van der Waals surface area contributed by atoms with Gasteiger partial charge in [-0.2, -0.15) is 0 Å². The van der Waals surface area contributed by atoms with Gasteiger partial charge < -0.3 is 19.1 Å². The zero-order chi connectivity index (χ0) is 30.8. The summed E-state index contributed by atoms with van der Waals surface area (Å²) < 4.78 is 58.7. The van der Waals surface area contributed by atoms with Gasteiger partial charge in [-0.15, -0.1) is 0 Å². The van der Waals surface area contributed by atoms with Gasteiger partial charge in [-0.3, -0.25) is 0 Å². The second-order valence-corrected chi connectivity index (χ2v) is 11.0. The predicted molar refractivity (Wildman–Crippen MR) is 158 cm³/mol. The van der Waals surface area contributed by atoms with Gasteiger partial charge in [0.1, 0.15) is 29.9 Å². The van der Waals surface area contributed by atoms with Crippen LogP contribution in [0.25, 0.3) is 22.3 Å². The molecule has 1 fully saturated rings. The van der Waals surface area contributed by atoms with E-state index in [1.54, 1.807) is 49.4 Å². The molecule has 0 radical (unpaired) electrons. The lowest BCUT2D eigenvalue weighted by molar-refractivity contribution is 0.00623. The number of aromatic carboxylic acids is 1. The maximum Gasteiger partial charge on any atom is 0.335 e. The van der Waals surface area contributed by atoms with E-state index in [9.17, 15) is 14.3 Å². The Labute approximate surface area is 251 Å². The van der Waals surface area contributed by atoms with Crippen LogP contribution < -0.4 is 4.74 Å². The summed E-state index contributed by atoms with van der Waals surface area (Å²) in [4.78, 5) is 20.6. The number of rotatable bonds is 9. The molecule has 1 aliphatic rings. The normalized spacial score (nSPS) is 15.0. The molecule has 5 aromatic rings. The first-order valence-corrected chi connectivity index (χ1v) is 14.4. The van der Waals surface area contributed by atoms with Crippen molar-refractivity contribution >= 4 is 17.0 Å². The lowest BCUT2D eigenvalue weighted by atomic mass is 10.0. The number of benzene rings is 3. The van der Waals surface area contributed by atoms with Crippen LogP contribution >= 0.6 is 0 Å². The average Bonchev–Trinajstić information content (AvgIpc) is 3.34. The molecule has 1 atom stereocenters. The van der Waals surface area contributed by atoms with Crippen molar-refractivity contribution in [2.75, 3.05) is 6.61 Å². The molecule has 10 heteroatoms. The molecule has 7 nitrogen and oxygen atoms in total. The van der Waals surface area contributed by atoms with Crippen LogP contribution in [0.4, 0.5) is 13.2 Å². The van der Waals surface area contributed by atoms with Crippen molar-refractivity contribution in [3.05, 3.63) is 112 Å². The monoisotopic (exact) mass is 601 g/mol. The summed E-state index contributed by atoms with van der Waals surface area (Å²) in [7, 11) is 0. The highest BCUT2D eigenvalue weighted by atomic mass is 19.1. The third-order valence-electron chi connectivity index (χ3n) is 7.80. The van der Waals surface area contributed by atoms with Crippen LogP contribution in [0.1, 0.15) is 52.1 Å². The fraction of sp³-hybridized carbons (Fsp3) is 0.265. The quantitative estimate of drug-likeness (QED) is 0.191. The molecular formula is C34H30F3N3O4. The number of imidazole rings is 1. The maximum atomic E-state index is 15.6. The highest BCUT2D eigenvalue weighted by molar-refractivity contribution is 5.92. The molecule has 0 saturated carbocycles. The van der Waals surface area contributed by atoms with Crippen molar-refractivity contribution in [1.82, 2.24) is 14.5 Å². The predicted octanol–water partition coefficient (Wildman–Crippen LogP) is 7.26. The van der Waals surface area contributed by atoms with E-state index in [-0.39, 0.29) is 47.4 Å². The number of aryl methyl sites for hydroxylation is 1. The van der Waals surface area contributed by atoms with E-state index >= 15 is 8.78 Å². The Bertz CT molecular complexity index is 1850. The van der Waals surface area contributed by atoms with Crippen LogP contribution in [0.2, 0.25) is 0 Å². The summed E-state index contributed by atoms with van der Waals surface area (Å²) in [6.07, 6.45) is 2.71. The largest absolute Gasteiger partial charge is 0.478 e. The van der Waals surface area contributed by atoms with Crippen LogP contribution in [-0.2, 0) is 24.3 Å². The Morgan fingerprint density at radius 3 is 2.59 bits per heavy atom. The number of ether oxygens (including phenoxy) is 2. The van der Waals surface area contributed by atoms with Gasteiger partial charge in [0, 0.05) is 30.2 Å². The summed E-state index contributed by atoms with van der Waals surface area (Å²) >= 11 is 0. The summed E-state index contributed by atoms with van der Waals surface area (Å²) in [5, 5.41) is 9.53. The Morgan fingerprint density at radius 1 is 0.977 bits per heavy atom. The Hall–Kier alpha value is -4.70. The molecule has 1 unspecified atom stereocenters. The zero-order valence-corrected chi connectivity index (χ0v) is 24.0. The van der Waals surface area contributed by atoms with E-state index < -0.39 is 23.4 Å². The van der Waals surface area contributed by atoms with Crippen molar-refractivity contribution in [3.8, 4) is 17.1 Å². The molecule has 6 rings (SSSR count). The van der Waals surface area contributed by atoms with Gasteiger partial charge in [0.25, 0.3) is 0 Å². The van der Waals surface area contributed by atoms with Crippen LogP contribution in [-0.4, -0.2) is 38.3 Å². The number of pyridine rings is 1. The number of hydrogen-bond donors (Lipinski definition) is 1. The molecule has 226 valence electrons. The fourth-order valence-corrected chi connectivity index (χ4v) is 5.46. The van der Waals surface area contributed by atoms with E-state index in [1.807, 2.05) is 4.57 Å². The average molecular weight is 602 g/mol. The van der Waals surface area contributed by atoms with Gasteiger partial charge >= 0.3 is 5.97 Å². The first-order valence-electron chi connectivity index (χ1n) is 14.4. The summed E-state index contributed by atoms with van der Waals surface area (Å²) in [6.45, 7) is 2.77. The van der Waals surface area contributed by atoms with Gasteiger partial charge in [0.15, 0.2) is 0 Å². The van der Waals surface area contributed by atoms with E-state index in [2.05, 4.69) is 9.97 Å². The van der Waals surface area contributed by atoms with Crippen molar-refractivity contribution in [3.63, 3.8) is 0 Å². The summed E-state index contributed by atoms with van der Waals surface area (Å²) in [5.74, 6) is -2.17. The third kappa shape index (κ3) is 6.30. The van der Waals surface area contributed by atoms with Crippen molar-refractivity contribution < 1.29 is 32.5 Å². The molecule has 1 aliphatic heterocycles. The molecule has 1 N–H and O–H groups in total. The van der Waals surface area contributed by atoms with Crippen molar-refractivity contribution in [2.24, 2.45) is 0 Å². The van der Waals surface area contributed by atoms with Gasteiger partial charge in [0.2, 0.25) is 5.88 Å². The van der Waals surface area contributed by atoms with Crippen molar-refractivity contribution in [1.29, 1.82) is 0 Å².